The zero-order chi connectivity index (χ0) is 22.9. The molecule has 164 valence electrons. The average molecular weight is 434 g/mol. The number of hydrogen-bond acceptors (Lipinski definition) is 5. The lowest BCUT2D eigenvalue weighted by Crippen LogP contribution is -2.20. The SMILES string of the molecule is COc1cc(C(=O)Nc2ccc(NC(=O)Nc3ccccc3)cc2)ccc1OCC(N)=O. The molecule has 3 aromatic rings. The van der Waals surface area contributed by atoms with Gasteiger partial charge in [-0.3, -0.25) is 9.59 Å². The van der Waals surface area contributed by atoms with Gasteiger partial charge in [0.15, 0.2) is 18.1 Å². The topological polar surface area (TPSA) is 132 Å². The number of anilines is 3. The summed E-state index contributed by atoms with van der Waals surface area (Å²) in [5, 5.41) is 8.20. The van der Waals surface area contributed by atoms with Crippen LogP contribution in [0.1, 0.15) is 10.4 Å². The quantitative estimate of drug-likeness (QED) is 0.431. The van der Waals surface area contributed by atoms with Gasteiger partial charge in [-0.2, -0.15) is 0 Å². The van der Waals surface area contributed by atoms with Crippen LogP contribution in [0.5, 0.6) is 11.5 Å². The van der Waals surface area contributed by atoms with Crippen molar-refractivity contribution in [3.8, 4) is 11.5 Å². The highest BCUT2D eigenvalue weighted by molar-refractivity contribution is 6.05. The number of hydrogen-bond donors (Lipinski definition) is 4. The Labute approximate surface area is 184 Å². The molecule has 0 saturated carbocycles. The van der Waals surface area contributed by atoms with Gasteiger partial charge < -0.3 is 31.2 Å². The first-order chi connectivity index (χ1) is 15.4. The van der Waals surface area contributed by atoms with Crippen molar-refractivity contribution < 1.29 is 23.9 Å². The smallest absolute Gasteiger partial charge is 0.323 e. The minimum absolute atomic E-state index is 0.294. The number of nitrogens with one attached hydrogen (secondary N) is 3. The lowest BCUT2D eigenvalue weighted by atomic mass is 10.1. The number of rotatable bonds is 8. The molecule has 0 aliphatic rings. The summed E-state index contributed by atoms with van der Waals surface area (Å²) in [4.78, 5) is 35.5. The Morgan fingerprint density at radius 1 is 0.781 bits per heavy atom. The summed E-state index contributed by atoms with van der Waals surface area (Å²) in [6, 6.07) is 19.9. The van der Waals surface area contributed by atoms with E-state index in [1.807, 2.05) is 18.2 Å². The van der Waals surface area contributed by atoms with Crippen LogP contribution in [0.25, 0.3) is 0 Å². The first-order valence-corrected chi connectivity index (χ1v) is 9.58. The fraction of sp³-hybridized carbons (Fsp3) is 0.0870. The Balaban J connectivity index is 1.59. The van der Waals surface area contributed by atoms with Crippen LogP contribution in [0.4, 0.5) is 21.9 Å². The number of amides is 4. The molecule has 4 amide bonds. The lowest BCUT2D eigenvalue weighted by molar-refractivity contribution is -0.119. The maximum Gasteiger partial charge on any atom is 0.323 e. The first kappa shape index (κ1) is 22.2. The fourth-order valence-corrected chi connectivity index (χ4v) is 2.73. The molecule has 9 nitrogen and oxygen atoms in total. The van der Waals surface area contributed by atoms with Crippen LogP contribution in [0.3, 0.4) is 0 Å². The van der Waals surface area contributed by atoms with Crippen molar-refractivity contribution in [1.82, 2.24) is 0 Å². The van der Waals surface area contributed by atoms with Gasteiger partial charge in [0, 0.05) is 22.6 Å². The van der Waals surface area contributed by atoms with E-state index in [1.165, 1.54) is 25.3 Å². The van der Waals surface area contributed by atoms with Crippen molar-refractivity contribution >= 4 is 34.9 Å². The monoisotopic (exact) mass is 434 g/mol. The number of carbonyl (C=O) groups is 3. The molecule has 0 unspecified atom stereocenters. The lowest BCUT2D eigenvalue weighted by Gasteiger charge is -2.12. The van der Waals surface area contributed by atoms with Gasteiger partial charge in [0.05, 0.1) is 7.11 Å². The third kappa shape index (κ3) is 6.23. The van der Waals surface area contributed by atoms with E-state index >= 15 is 0 Å². The molecule has 0 bridgehead atoms. The Kier molecular flexibility index (Phi) is 7.26. The summed E-state index contributed by atoms with van der Waals surface area (Å²) >= 11 is 0. The van der Waals surface area contributed by atoms with Crippen LogP contribution >= 0.6 is 0 Å². The van der Waals surface area contributed by atoms with Gasteiger partial charge in [-0.25, -0.2) is 4.79 Å². The molecule has 0 aliphatic carbocycles. The second-order valence-corrected chi connectivity index (χ2v) is 6.60. The molecule has 32 heavy (non-hydrogen) atoms. The number of benzene rings is 3. The van der Waals surface area contributed by atoms with E-state index in [0.29, 0.717) is 34.1 Å². The molecule has 0 saturated heterocycles. The molecule has 0 radical (unpaired) electrons. The van der Waals surface area contributed by atoms with Gasteiger partial charge in [-0.15, -0.1) is 0 Å². The van der Waals surface area contributed by atoms with Gasteiger partial charge in [0.25, 0.3) is 11.8 Å². The number of para-hydroxylation sites is 1. The maximum atomic E-state index is 12.6. The van der Waals surface area contributed by atoms with Crippen LogP contribution in [0.2, 0.25) is 0 Å². The number of carbonyl (C=O) groups excluding carboxylic acids is 3. The second-order valence-electron chi connectivity index (χ2n) is 6.60. The molecule has 0 spiro atoms. The fourth-order valence-electron chi connectivity index (χ4n) is 2.73. The van der Waals surface area contributed by atoms with Gasteiger partial charge >= 0.3 is 6.03 Å². The highest BCUT2D eigenvalue weighted by Crippen LogP contribution is 2.28. The molecular weight excluding hydrogens is 412 g/mol. The largest absolute Gasteiger partial charge is 0.493 e. The number of nitrogens with two attached hydrogens (primary N) is 1. The van der Waals surface area contributed by atoms with E-state index in [1.54, 1.807) is 36.4 Å². The first-order valence-electron chi connectivity index (χ1n) is 9.58. The summed E-state index contributed by atoms with van der Waals surface area (Å²) in [6.45, 7) is -0.300. The van der Waals surface area contributed by atoms with E-state index in [4.69, 9.17) is 15.2 Å². The van der Waals surface area contributed by atoms with E-state index in [-0.39, 0.29) is 18.5 Å². The highest BCUT2D eigenvalue weighted by Gasteiger charge is 2.12. The van der Waals surface area contributed by atoms with Gasteiger partial charge in [-0.05, 0) is 54.6 Å². The molecule has 3 rings (SSSR count). The van der Waals surface area contributed by atoms with Crippen LogP contribution in [-0.2, 0) is 4.79 Å². The summed E-state index contributed by atoms with van der Waals surface area (Å²) in [7, 11) is 1.42. The van der Waals surface area contributed by atoms with Crippen molar-refractivity contribution in [2.45, 2.75) is 0 Å². The predicted molar refractivity (Wildman–Crippen MR) is 121 cm³/mol. The summed E-state index contributed by atoms with van der Waals surface area (Å²) < 4.78 is 10.5. The van der Waals surface area contributed by atoms with Gasteiger partial charge in [0.1, 0.15) is 0 Å². The normalized spacial score (nSPS) is 10.0. The highest BCUT2D eigenvalue weighted by atomic mass is 16.5. The Hall–Kier alpha value is -4.53. The third-order valence-corrected chi connectivity index (χ3v) is 4.23. The number of primary amides is 1. The molecule has 0 fully saturated rings. The standard InChI is InChI=1S/C23H22N4O5/c1-31-20-13-15(7-12-19(20)32-14-21(24)28)22(29)25-17-8-10-18(11-9-17)27-23(30)26-16-5-3-2-4-6-16/h2-13H,14H2,1H3,(H2,24,28)(H,25,29)(H2,26,27,30). The van der Waals surface area contributed by atoms with Gasteiger partial charge in [-0.1, -0.05) is 18.2 Å². The molecule has 0 atom stereocenters. The molecule has 3 aromatic carbocycles. The van der Waals surface area contributed by atoms with Crippen LogP contribution in [0, 0.1) is 0 Å². The van der Waals surface area contributed by atoms with E-state index < -0.39 is 5.91 Å². The second kappa shape index (κ2) is 10.5. The van der Waals surface area contributed by atoms with E-state index in [0.717, 1.165) is 0 Å². The molecule has 0 heterocycles. The van der Waals surface area contributed by atoms with E-state index in [9.17, 15) is 14.4 Å². The molecule has 0 aliphatic heterocycles. The van der Waals surface area contributed by atoms with Crippen molar-refractivity contribution in [3.63, 3.8) is 0 Å². The number of urea groups is 1. The Bertz CT molecular complexity index is 1100. The molecule has 9 heteroatoms. The van der Waals surface area contributed by atoms with Crippen molar-refractivity contribution in [3.05, 3.63) is 78.4 Å². The molecule has 5 N–H and O–H groups in total. The summed E-state index contributed by atoms with van der Waals surface area (Å²) in [6.07, 6.45) is 0. The Morgan fingerprint density at radius 2 is 1.38 bits per heavy atom. The van der Waals surface area contributed by atoms with Crippen molar-refractivity contribution in [1.29, 1.82) is 0 Å². The van der Waals surface area contributed by atoms with Crippen LogP contribution < -0.4 is 31.2 Å². The van der Waals surface area contributed by atoms with Gasteiger partial charge in [0.2, 0.25) is 0 Å². The van der Waals surface area contributed by atoms with E-state index in [2.05, 4.69) is 16.0 Å². The zero-order valence-electron chi connectivity index (χ0n) is 17.3. The van der Waals surface area contributed by atoms with Crippen LogP contribution in [0.15, 0.2) is 72.8 Å². The third-order valence-electron chi connectivity index (χ3n) is 4.23. The maximum absolute atomic E-state index is 12.6. The minimum Gasteiger partial charge on any atom is -0.493 e. The van der Waals surface area contributed by atoms with Crippen LogP contribution in [-0.4, -0.2) is 31.6 Å². The zero-order valence-corrected chi connectivity index (χ0v) is 17.3. The van der Waals surface area contributed by atoms with Crippen molar-refractivity contribution in [2.75, 3.05) is 29.7 Å². The molecular formula is C23H22N4O5. The van der Waals surface area contributed by atoms with Crippen molar-refractivity contribution in [2.24, 2.45) is 5.73 Å². The predicted octanol–water partition coefficient (Wildman–Crippen LogP) is 3.46. The summed E-state index contributed by atoms with van der Waals surface area (Å²) in [5.41, 5.74) is 7.18. The molecule has 0 aromatic heterocycles. The number of ether oxygens (including phenoxy) is 2. The summed E-state index contributed by atoms with van der Waals surface area (Å²) in [5.74, 6) is -0.397. The number of methoxy groups -OCH3 is 1. The Morgan fingerprint density at radius 3 is 1.97 bits per heavy atom. The average Bonchev–Trinajstić information content (AvgIpc) is 2.79. The minimum atomic E-state index is -0.621.